The molecule has 0 aromatic heterocycles. The van der Waals surface area contributed by atoms with Crippen molar-refractivity contribution in [2.45, 2.75) is 20.0 Å². The number of benzene rings is 2. The maximum absolute atomic E-state index is 5.92. The topological polar surface area (TPSA) is 56.5 Å². The summed E-state index contributed by atoms with van der Waals surface area (Å²) in [6, 6.07) is 13.8. The highest BCUT2D eigenvalue weighted by Crippen LogP contribution is 2.26. The highest BCUT2D eigenvalue weighted by atomic mass is 16.5. The Kier molecular flexibility index (Phi) is 5.46. The number of nitrogens with two attached hydrogens (primary N) is 1. The summed E-state index contributed by atoms with van der Waals surface area (Å²) in [5.74, 6) is 0.785. The van der Waals surface area contributed by atoms with Crippen molar-refractivity contribution in [3.8, 4) is 5.75 Å². The van der Waals surface area contributed by atoms with Crippen LogP contribution in [0.3, 0.4) is 0 Å². The highest BCUT2D eigenvalue weighted by Gasteiger charge is 2.02. The molecule has 21 heavy (non-hydrogen) atoms. The summed E-state index contributed by atoms with van der Waals surface area (Å²) in [6.45, 7) is 3.36. The Morgan fingerprint density at radius 3 is 2.71 bits per heavy atom. The molecular weight excluding hydrogens is 264 g/mol. The molecule has 0 fully saturated rings. The van der Waals surface area contributed by atoms with Gasteiger partial charge in [-0.1, -0.05) is 19.1 Å². The number of nitrogen functional groups attached to an aromatic ring is 1. The molecule has 112 valence electrons. The zero-order valence-electron chi connectivity index (χ0n) is 12.6. The molecule has 0 radical (unpaired) electrons. The van der Waals surface area contributed by atoms with Crippen molar-refractivity contribution in [1.29, 1.82) is 0 Å². The van der Waals surface area contributed by atoms with E-state index in [0.29, 0.717) is 18.9 Å². The van der Waals surface area contributed by atoms with Crippen molar-refractivity contribution in [3.05, 3.63) is 48.0 Å². The van der Waals surface area contributed by atoms with Gasteiger partial charge in [0, 0.05) is 36.3 Å². The van der Waals surface area contributed by atoms with Crippen molar-refractivity contribution in [2.75, 3.05) is 24.8 Å². The van der Waals surface area contributed by atoms with Gasteiger partial charge < -0.3 is 20.5 Å². The van der Waals surface area contributed by atoms with Crippen LogP contribution < -0.4 is 15.8 Å². The molecule has 0 atom stereocenters. The number of methoxy groups -OCH3 is 1. The van der Waals surface area contributed by atoms with Gasteiger partial charge in [-0.15, -0.1) is 0 Å². The van der Waals surface area contributed by atoms with E-state index in [1.165, 1.54) is 0 Å². The van der Waals surface area contributed by atoms with Crippen molar-refractivity contribution in [2.24, 2.45) is 0 Å². The molecule has 4 nitrogen and oxygen atoms in total. The molecule has 0 heterocycles. The lowest BCUT2D eigenvalue weighted by Crippen LogP contribution is -1.99. The van der Waals surface area contributed by atoms with E-state index in [2.05, 4.69) is 18.3 Å². The third-order valence-electron chi connectivity index (χ3n) is 2.93. The van der Waals surface area contributed by atoms with Gasteiger partial charge in [0.2, 0.25) is 0 Å². The minimum absolute atomic E-state index is 0.595. The van der Waals surface area contributed by atoms with Crippen molar-refractivity contribution in [1.82, 2.24) is 0 Å². The largest absolute Gasteiger partial charge is 0.493 e. The highest BCUT2D eigenvalue weighted by molar-refractivity contribution is 5.66. The number of anilines is 3. The first-order valence-corrected chi connectivity index (χ1v) is 7.09. The molecular formula is C17H22N2O2. The van der Waals surface area contributed by atoms with Gasteiger partial charge in [0.15, 0.2) is 0 Å². The summed E-state index contributed by atoms with van der Waals surface area (Å²) in [7, 11) is 1.69. The molecule has 2 rings (SSSR count). The van der Waals surface area contributed by atoms with Crippen LogP contribution >= 0.6 is 0 Å². The summed E-state index contributed by atoms with van der Waals surface area (Å²) in [5.41, 5.74) is 9.63. The molecule has 0 aliphatic rings. The quantitative estimate of drug-likeness (QED) is 0.757. The van der Waals surface area contributed by atoms with Crippen LogP contribution in [0.5, 0.6) is 5.75 Å². The van der Waals surface area contributed by atoms with Crippen LogP contribution in [0.25, 0.3) is 0 Å². The smallest absolute Gasteiger partial charge is 0.123 e. The zero-order chi connectivity index (χ0) is 15.1. The minimum atomic E-state index is 0.595. The van der Waals surface area contributed by atoms with E-state index in [1.54, 1.807) is 7.11 Å². The van der Waals surface area contributed by atoms with Gasteiger partial charge in [-0.05, 0) is 30.2 Å². The van der Waals surface area contributed by atoms with Crippen LogP contribution in [-0.4, -0.2) is 13.7 Å². The lowest BCUT2D eigenvalue weighted by molar-refractivity contribution is 0.185. The lowest BCUT2D eigenvalue weighted by atomic mass is 10.2. The zero-order valence-corrected chi connectivity index (χ0v) is 12.6. The van der Waals surface area contributed by atoms with Crippen molar-refractivity contribution >= 4 is 17.1 Å². The van der Waals surface area contributed by atoms with Gasteiger partial charge in [0.1, 0.15) is 5.75 Å². The molecule has 0 aliphatic heterocycles. The minimum Gasteiger partial charge on any atom is -0.493 e. The van der Waals surface area contributed by atoms with Crippen LogP contribution in [0.15, 0.2) is 42.5 Å². The number of nitrogens with one attached hydrogen (secondary N) is 1. The van der Waals surface area contributed by atoms with Gasteiger partial charge in [0.25, 0.3) is 0 Å². The van der Waals surface area contributed by atoms with Crippen LogP contribution in [0.1, 0.15) is 18.9 Å². The average Bonchev–Trinajstić information content (AvgIpc) is 2.45. The molecule has 0 aliphatic carbocycles. The Hall–Kier alpha value is -2.20. The molecule has 0 spiro atoms. The first-order chi connectivity index (χ1) is 10.2. The first-order valence-electron chi connectivity index (χ1n) is 7.09. The standard InChI is InChI=1S/C17H22N2O2/c1-3-7-21-17-10-14(18)9-16(11-17)19-15-6-4-5-13(8-15)12-20-2/h4-6,8-11,19H,3,7,12,18H2,1-2H3. The molecule has 2 aromatic carbocycles. The second-order valence-electron chi connectivity index (χ2n) is 4.90. The van der Waals surface area contributed by atoms with Crippen LogP contribution in [-0.2, 0) is 11.3 Å². The number of rotatable bonds is 7. The Morgan fingerprint density at radius 2 is 1.95 bits per heavy atom. The Balaban J connectivity index is 2.14. The fraction of sp³-hybridized carbons (Fsp3) is 0.294. The monoisotopic (exact) mass is 286 g/mol. The molecule has 0 bridgehead atoms. The summed E-state index contributed by atoms with van der Waals surface area (Å²) in [6.07, 6.45) is 0.969. The normalized spacial score (nSPS) is 10.4. The predicted octanol–water partition coefficient (Wildman–Crippen LogP) is 3.95. The third-order valence-corrected chi connectivity index (χ3v) is 2.93. The fourth-order valence-electron chi connectivity index (χ4n) is 2.07. The summed E-state index contributed by atoms with van der Waals surface area (Å²) in [5, 5.41) is 3.34. The molecule has 0 saturated carbocycles. The van der Waals surface area contributed by atoms with Gasteiger partial charge >= 0.3 is 0 Å². The number of hydrogen-bond donors (Lipinski definition) is 2. The Bertz CT molecular complexity index is 585. The van der Waals surface area contributed by atoms with Crippen LogP contribution in [0, 0.1) is 0 Å². The van der Waals surface area contributed by atoms with E-state index in [4.69, 9.17) is 15.2 Å². The number of hydrogen-bond acceptors (Lipinski definition) is 4. The average molecular weight is 286 g/mol. The summed E-state index contributed by atoms with van der Waals surface area (Å²) < 4.78 is 10.8. The summed E-state index contributed by atoms with van der Waals surface area (Å²) in [4.78, 5) is 0. The third kappa shape index (κ3) is 4.68. The molecule has 0 unspecified atom stereocenters. The SMILES string of the molecule is CCCOc1cc(N)cc(Nc2cccc(COC)c2)c1. The lowest BCUT2D eigenvalue weighted by Gasteiger charge is -2.12. The number of ether oxygens (including phenoxy) is 2. The van der Waals surface area contributed by atoms with Crippen LogP contribution in [0.2, 0.25) is 0 Å². The molecule has 0 saturated heterocycles. The van der Waals surface area contributed by atoms with E-state index in [9.17, 15) is 0 Å². The van der Waals surface area contributed by atoms with E-state index in [0.717, 1.165) is 29.1 Å². The van der Waals surface area contributed by atoms with Crippen molar-refractivity contribution < 1.29 is 9.47 Å². The van der Waals surface area contributed by atoms with Crippen LogP contribution in [0.4, 0.5) is 17.1 Å². The molecule has 2 aromatic rings. The van der Waals surface area contributed by atoms with E-state index < -0.39 is 0 Å². The van der Waals surface area contributed by atoms with E-state index in [1.807, 2.05) is 36.4 Å². The van der Waals surface area contributed by atoms with E-state index in [-0.39, 0.29) is 0 Å². The molecule has 3 N–H and O–H groups in total. The van der Waals surface area contributed by atoms with Gasteiger partial charge in [0.05, 0.1) is 13.2 Å². The van der Waals surface area contributed by atoms with Gasteiger partial charge in [-0.3, -0.25) is 0 Å². The maximum Gasteiger partial charge on any atom is 0.123 e. The first kappa shape index (κ1) is 15.2. The van der Waals surface area contributed by atoms with E-state index >= 15 is 0 Å². The second kappa shape index (κ2) is 7.55. The fourth-order valence-corrected chi connectivity index (χ4v) is 2.07. The Morgan fingerprint density at radius 1 is 1.10 bits per heavy atom. The Labute approximate surface area is 125 Å². The van der Waals surface area contributed by atoms with Gasteiger partial charge in [-0.2, -0.15) is 0 Å². The second-order valence-corrected chi connectivity index (χ2v) is 4.90. The maximum atomic E-state index is 5.92. The molecule has 0 amide bonds. The predicted molar refractivity (Wildman–Crippen MR) is 87.1 cm³/mol. The summed E-state index contributed by atoms with van der Waals surface area (Å²) >= 11 is 0. The van der Waals surface area contributed by atoms with Gasteiger partial charge in [-0.25, -0.2) is 0 Å². The molecule has 4 heteroatoms. The van der Waals surface area contributed by atoms with Crippen molar-refractivity contribution in [3.63, 3.8) is 0 Å².